The average Bonchev–Trinajstić information content (AvgIpc) is 3.03. The zero-order valence-corrected chi connectivity index (χ0v) is 11.8. The highest BCUT2D eigenvalue weighted by Gasteiger charge is 2.21. The lowest BCUT2D eigenvalue weighted by molar-refractivity contribution is -0.127. The highest BCUT2D eigenvalue weighted by molar-refractivity contribution is 5.78. The number of nitrogens with zero attached hydrogens (tertiary/aromatic N) is 1. The van der Waals surface area contributed by atoms with Crippen LogP contribution in [0.5, 0.6) is 0 Å². The summed E-state index contributed by atoms with van der Waals surface area (Å²) >= 11 is 0. The minimum Gasteiger partial charge on any atom is -0.460 e. The first-order valence-corrected chi connectivity index (χ1v) is 7.21. The Labute approximate surface area is 118 Å². The van der Waals surface area contributed by atoms with E-state index in [2.05, 4.69) is 24.4 Å². The molecule has 4 heteroatoms. The van der Waals surface area contributed by atoms with Crippen molar-refractivity contribution in [1.29, 1.82) is 0 Å². The first-order chi connectivity index (χ1) is 9.72. The summed E-state index contributed by atoms with van der Waals surface area (Å²) in [5.74, 6) is 1.22. The van der Waals surface area contributed by atoms with Gasteiger partial charge in [0, 0.05) is 30.9 Å². The third kappa shape index (κ3) is 2.85. The standard InChI is InChI=1S/C16H20N2O2/c1-12(11-18-8-4-7-16(18)19)17-10-14-9-13-5-2-3-6-15(13)20-14/h2-3,5-6,9,12,17H,4,7-8,10-11H2,1H3/t12-/m1/s1. The predicted molar refractivity (Wildman–Crippen MR) is 78.3 cm³/mol. The quantitative estimate of drug-likeness (QED) is 0.909. The zero-order chi connectivity index (χ0) is 13.9. The Morgan fingerprint density at radius 2 is 2.25 bits per heavy atom. The van der Waals surface area contributed by atoms with Gasteiger partial charge < -0.3 is 14.6 Å². The number of para-hydroxylation sites is 1. The third-order valence-corrected chi connectivity index (χ3v) is 3.77. The molecule has 1 N–H and O–H groups in total. The van der Waals surface area contributed by atoms with Crippen molar-refractivity contribution in [3.8, 4) is 0 Å². The number of nitrogens with one attached hydrogen (secondary N) is 1. The minimum atomic E-state index is 0.269. The van der Waals surface area contributed by atoms with Crippen molar-refractivity contribution in [3.63, 3.8) is 0 Å². The Hall–Kier alpha value is -1.81. The van der Waals surface area contributed by atoms with Gasteiger partial charge in [-0.15, -0.1) is 0 Å². The van der Waals surface area contributed by atoms with E-state index >= 15 is 0 Å². The van der Waals surface area contributed by atoms with Crippen molar-refractivity contribution in [1.82, 2.24) is 10.2 Å². The van der Waals surface area contributed by atoms with Crippen LogP contribution in [-0.2, 0) is 11.3 Å². The lowest BCUT2D eigenvalue weighted by atomic mass is 10.2. The van der Waals surface area contributed by atoms with Crippen LogP contribution in [0.2, 0.25) is 0 Å². The van der Waals surface area contributed by atoms with Crippen molar-refractivity contribution >= 4 is 16.9 Å². The monoisotopic (exact) mass is 272 g/mol. The summed E-state index contributed by atoms with van der Waals surface area (Å²) in [5, 5.41) is 4.55. The van der Waals surface area contributed by atoms with Gasteiger partial charge in [-0.3, -0.25) is 4.79 Å². The second-order valence-corrected chi connectivity index (χ2v) is 5.48. The van der Waals surface area contributed by atoms with E-state index in [4.69, 9.17) is 4.42 Å². The van der Waals surface area contributed by atoms with Gasteiger partial charge in [-0.1, -0.05) is 18.2 Å². The van der Waals surface area contributed by atoms with Crippen LogP contribution in [0.4, 0.5) is 0 Å². The summed E-state index contributed by atoms with van der Waals surface area (Å²) in [5.41, 5.74) is 0.923. The molecule has 2 aromatic rings. The van der Waals surface area contributed by atoms with Crippen molar-refractivity contribution in [3.05, 3.63) is 36.1 Å². The first-order valence-electron chi connectivity index (χ1n) is 7.21. The van der Waals surface area contributed by atoms with Gasteiger partial charge in [0.25, 0.3) is 0 Å². The van der Waals surface area contributed by atoms with Crippen LogP contribution < -0.4 is 5.32 Å². The number of amides is 1. The van der Waals surface area contributed by atoms with E-state index in [-0.39, 0.29) is 11.9 Å². The topological polar surface area (TPSA) is 45.5 Å². The Morgan fingerprint density at radius 3 is 3.00 bits per heavy atom. The molecular weight excluding hydrogens is 252 g/mol. The van der Waals surface area contributed by atoms with Crippen molar-refractivity contribution in [2.75, 3.05) is 13.1 Å². The molecule has 1 amide bonds. The normalized spacial score (nSPS) is 17.1. The van der Waals surface area contributed by atoms with E-state index in [1.165, 1.54) is 0 Å². The molecule has 3 rings (SSSR count). The number of furan rings is 1. The number of hydrogen-bond acceptors (Lipinski definition) is 3. The molecule has 1 saturated heterocycles. The van der Waals surface area contributed by atoms with Gasteiger partial charge in [-0.25, -0.2) is 0 Å². The molecule has 0 spiro atoms. The Morgan fingerprint density at radius 1 is 1.40 bits per heavy atom. The SMILES string of the molecule is C[C@H](CN1CCCC1=O)NCc1cc2ccccc2o1. The maximum absolute atomic E-state index is 11.6. The van der Waals surface area contributed by atoms with E-state index in [9.17, 15) is 4.79 Å². The number of carbonyl (C=O) groups excluding carboxylic acids is 1. The minimum absolute atomic E-state index is 0.269. The lowest BCUT2D eigenvalue weighted by Gasteiger charge is -2.21. The number of carbonyl (C=O) groups is 1. The number of rotatable bonds is 5. The second kappa shape index (κ2) is 5.67. The molecule has 0 radical (unpaired) electrons. The maximum Gasteiger partial charge on any atom is 0.222 e. The second-order valence-electron chi connectivity index (χ2n) is 5.48. The summed E-state index contributed by atoms with van der Waals surface area (Å²) in [6.45, 7) is 4.47. The average molecular weight is 272 g/mol. The molecule has 20 heavy (non-hydrogen) atoms. The van der Waals surface area contributed by atoms with Gasteiger partial charge >= 0.3 is 0 Å². The van der Waals surface area contributed by atoms with Gasteiger partial charge in [0.1, 0.15) is 11.3 Å². The molecule has 1 aliphatic heterocycles. The Bertz CT molecular complexity index is 572. The highest BCUT2D eigenvalue weighted by atomic mass is 16.3. The molecular formula is C16H20N2O2. The molecule has 1 fully saturated rings. The van der Waals surface area contributed by atoms with Crippen molar-refractivity contribution in [2.45, 2.75) is 32.4 Å². The van der Waals surface area contributed by atoms with Crippen LogP contribution in [0.1, 0.15) is 25.5 Å². The van der Waals surface area contributed by atoms with E-state index < -0.39 is 0 Å². The molecule has 106 valence electrons. The Kier molecular flexibility index (Phi) is 3.74. The number of hydrogen-bond donors (Lipinski definition) is 1. The molecule has 2 heterocycles. The van der Waals surface area contributed by atoms with Gasteiger partial charge in [-0.05, 0) is 25.5 Å². The molecule has 1 aromatic heterocycles. The fraction of sp³-hybridized carbons (Fsp3) is 0.438. The molecule has 1 atom stereocenters. The van der Waals surface area contributed by atoms with Crippen molar-refractivity contribution < 1.29 is 9.21 Å². The first kappa shape index (κ1) is 13.2. The molecule has 1 aromatic carbocycles. The highest BCUT2D eigenvalue weighted by Crippen LogP contribution is 2.18. The molecule has 4 nitrogen and oxygen atoms in total. The summed E-state index contributed by atoms with van der Waals surface area (Å²) in [4.78, 5) is 13.5. The smallest absolute Gasteiger partial charge is 0.222 e. The maximum atomic E-state index is 11.6. The largest absolute Gasteiger partial charge is 0.460 e. The molecule has 0 unspecified atom stereocenters. The fourth-order valence-corrected chi connectivity index (χ4v) is 2.69. The third-order valence-electron chi connectivity index (χ3n) is 3.77. The molecule has 0 aliphatic carbocycles. The van der Waals surface area contributed by atoms with Gasteiger partial charge in [0.15, 0.2) is 0 Å². The van der Waals surface area contributed by atoms with Gasteiger partial charge in [0.2, 0.25) is 5.91 Å². The van der Waals surface area contributed by atoms with E-state index in [1.807, 2.05) is 23.1 Å². The molecule has 1 aliphatic rings. The van der Waals surface area contributed by atoms with Crippen LogP contribution in [-0.4, -0.2) is 29.9 Å². The predicted octanol–water partition coefficient (Wildman–Crippen LogP) is 2.53. The van der Waals surface area contributed by atoms with Crippen LogP contribution in [0, 0.1) is 0 Å². The van der Waals surface area contributed by atoms with Gasteiger partial charge in [0.05, 0.1) is 6.54 Å². The lowest BCUT2D eigenvalue weighted by Crippen LogP contribution is -2.39. The van der Waals surface area contributed by atoms with E-state index in [0.29, 0.717) is 13.0 Å². The summed E-state index contributed by atoms with van der Waals surface area (Å²) in [7, 11) is 0. The zero-order valence-electron chi connectivity index (χ0n) is 11.8. The number of likely N-dealkylation sites (tertiary alicyclic amines) is 1. The van der Waals surface area contributed by atoms with Crippen molar-refractivity contribution in [2.24, 2.45) is 0 Å². The molecule has 0 saturated carbocycles. The van der Waals surface area contributed by atoms with Crippen LogP contribution in [0.3, 0.4) is 0 Å². The van der Waals surface area contributed by atoms with Crippen LogP contribution in [0.25, 0.3) is 11.0 Å². The van der Waals surface area contributed by atoms with Crippen LogP contribution >= 0.6 is 0 Å². The number of benzene rings is 1. The summed E-state index contributed by atoms with van der Waals surface area (Å²) in [6.07, 6.45) is 1.70. The van der Waals surface area contributed by atoms with Crippen LogP contribution in [0.15, 0.2) is 34.7 Å². The summed E-state index contributed by atoms with van der Waals surface area (Å²) < 4.78 is 5.77. The fourth-order valence-electron chi connectivity index (χ4n) is 2.69. The summed E-state index contributed by atoms with van der Waals surface area (Å²) in [6, 6.07) is 10.3. The van der Waals surface area contributed by atoms with E-state index in [0.717, 1.165) is 36.2 Å². The molecule has 0 bridgehead atoms. The number of fused-ring (bicyclic) bond motifs is 1. The van der Waals surface area contributed by atoms with Gasteiger partial charge in [-0.2, -0.15) is 0 Å². The Balaban J connectivity index is 1.54. The van der Waals surface area contributed by atoms with E-state index in [1.54, 1.807) is 0 Å².